The Kier molecular flexibility index (Phi) is 7.35. The molecule has 3 amide bonds. The predicted octanol–water partition coefficient (Wildman–Crippen LogP) is 0.679. The van der Waals surface area contributed by atoms with Crippen molar-refractivity contribution >= 4 is 29.7 Å². The highest BCUT2D eigenvalue weighted by molar-refractivity contribution is 7.99. The highest BCUT2D eigenvalue weighted by Gasteiger charge is 2.25. The van der Waals surface area contributed by atoms with Crippen molar-refractivity contribution in [2.24, 2.45) is 5.73 Å². The Morgan fingerprint density at radius 1 is 1.38 bits per heavy atom. The maximum atomic E-state index is 11.9. The first-order valence-corrected chi connectivity index (χ1v) is 8.32. The van der Waals surface area contributed by atoms with Crippen LogP contribution in [-0.2, 0) is 9.59 Å². The van der Waals surface area contributed by atoms with Crippen LogP contribution in [0, 0.1) is 0 Å². The summed E-state index contributed by atoms with van der Waals surface area (Å²) >= 11 is 1.79. The molecular formula is C13H23N3O4S. The van der Waals surface area contributed by atoms with Gasteiger partial charge < -0.3 is 21.5 Å². The first-order valence-electron chi connectivity index (χ1n) is 7.03. The van der Waals surface area contributed by atoms with Crippen molar-refractivity contribution in [3.8, 4) is 0 Å². The Hall–Kier alpha value is -1.44. The van der Waals surface area contributed by atoms with E-state index in [2.05, 4.69) is 16.9 Å². The molecule has 0 aliphatic heterocycles. The molecule has 1 aliphatic rings. The minimum Gasteiger partial charge on any atom is -0.480 e. The fourth-order valence-corrected chi connectivity index (χ4v) is 3.25. The molecule has 8 heteroatoms. The van der Waals surface area contributed by atoms with Crippen LogP contribution >= 0.6 is 11.8 Å². The van der Waals surface area contributed by atoms with Crippen molar-refractivity contribution in [2.45, 2.75) is 55.9 Å². The lowest BCUT2D eigenvalue weighted by atomic mass is 9.95. The van der Waals surface area contributed by atoms with E-state index >= 15 is 0 Å². The zero-order valence-electron chi connectivity index (χ0n) is 12.1. The summed E-state index contributed by atoms with van der Waals surface area (Å²) in [6.07, 6.45) is 5.98. The van der Waals surface area contributed by atoms with Gasteiger partial charge in [0.05, 0.1) is 0 Å². The van der Waals surface area contributed by atoms with Gasteiger partial charge in [0, 0.05) is 17.7 Å². The number of rotatable bonds is 7. The Labute approximate surface area is 128 Å². The summed E-state index contributed by atoms with van der Waals surface area (Å²) < 4.78 is 0. The van der Waals surface area contributed by atoms with Crippen LogP contribution in [-0.4, -0.2) is 46.6 Å². The van der Waals surface area contributed by atoms with Crippen LogP contribution in [0.4, 0.5) is 4.79 Å². The highest BCUT2D eigenvalue weighted by Crippen LogP contribution is 2.26. The van der Waals surface area contributed by atoms with E-state index in [1.165, 1.54) is 0 Å². The summed E-state index contributed by atoms with van der Waals surface area (Å²) in [5.74, 6) is -1.75. The Bertz CT molecular complexity index is 392. The van der Waals surface area contributed by atoms with Crippen molar-refractivity contribution in [1.82, 2.24) is 10.6 Å². The summed E-state index contributed by atoms with van der Waals surface area (Å²) in [6.45, 7) is 0. The van der Waals surface area contributed by atoms with Crippen molar-refractivity contribution < 1.29 is 19.5 Å². The second kappa shape index (κ2) is 8.76. The second-order valence-electron chi connectivity index (χ2n) is 5.23. The molecule has 3 atom stereocenters. The standard InChI is InChI=1S/C13H23N3O4S/c1-21-9-4-2-3-8(7-9)15-13(20)16-10(12(18)19)5-6-11(14)17/h8-10H,2-7H2,1H3,(H2,14,17)(H,18,19)(H2,15,16,20)/t8?,9?,10-/m0/s1. The lowest BCUT2D eigenvalue weighted by molar-refractivity contribution is -0.139. The van der Waals surface area contributed by atoms with Crippen LogP contribution in [0.2, 0.25) is 0 Å². The molecule has 0 saturated heterocycles. The number of hydrogen-bond donors (Lipinski definition) is 4. The molecule has 120 valence electrons. The van der Waals surface area contributed by atoms with Crippen LogP contribution < -0.4 is 16.4 Å². The first-order chi connectivity index (χ1) is 9.92. The number of aliphatic carboxylic acids is 1. The molecular weight excluding hydrogens is 294 g/mol. The van der Waals surface area contributed by atoms with E-state index in [-0.39, 0.29) is 18.9 Å². The van der Waals surface area contributed by atoms with Gasteiger partial charge in [-0.3, -0.25) is 4.79 Å². The fraction of sp³-hybridized carbons (Fsp3) is 0.769. The van der Waals surface area contributed by atoms with E-state index in [4.69, 9.17) is 10.8 Å². The van der Waals surface area contributed by atoms with Crippen LogP contribution in [0.3, 0.4) is 0 Å². The number of thioether (sulfide) groups is 1. The number of carboxylic acids is 1. The third-order valence-electron chi connectivity index (χ3n) is 3.58. The maximum Gasteiger partial charge on any atom is 0.326 e. The lowest BCUT2D eigenvalue weighted by Crippen LogP contribution is -2.50. The zero-order chi connectivity index (χ0) is 15.8. The molecule has 21 heavy (non-hydrogen) atoms. The van der Waals surface area contributed by atoms with Gasteiger partial charge in [0.25, 0.3) is 0 Å². The Balaban J connectivity index is 2.42. The highest BCUT2D eigenvalue weighted by atomic mass is 32.2. The Morgan fingerprint density at radius 3 is 2.67 bits per heavy atom. The van der Waals surface area contributed by atoms with Crippen LogP contribution in [0.25, 0.3) is 0 Å². The van der Waals surface area contributed by atoms with Gasteiger partial charge in [-0.25, -0.2) is 9.59 Å². The van der Waals surface area contributed by atoms with E-state index in [0.29, 0.717) is 5.25 Å². The van der Waals surface area contributed by atoms with Crippen molar-refractivity contribution in [3.05, 3.63) is 0 Å². The topological polar surface area (TPSA) is 122 Å². The quantitative estimate of drug-likeness (QED) is 0.550. The van der Waals surface area contributed by atoms with Gasteiger partial charge in [-0.15, -0.1) is 0 Å². The molecule has 0 aromatic carbocycles. The second-order valence-corrected chi connectivity index (χ2v) is 6.37. The van der Waals surface area contributed by atoms with Crippen LogP contribution in [0.15, 0.2) is 0 Å². The third-order valence-corrected chi connectivity index (χ3v) is 4.67. The Morgan fingerprint density at radius 2 is 2.10 bits per heavy atom. The van der Waals surface area contributed by atoms with E-state index in [1.54, 1.807) is 11.8 Å². The number of urea groups is 1. The van der Waals surface area contributed by atoms with Crippen LogP contribution in [0.1, 0.15) is 38.5 Å². The van der Waals surface area contributed by atoms with Crippen molar-refractivity contribution in [2.75, 3.05) is 6.26 Å². The summed E-state index contributed by atoms with van der Waals surface area (Å²) in [4.78, 5) is 33.6. The van der Waals surface area contributed by atoms with Crippen molar-refractivity contribution in [3.63, 3.8) is 0 Å². The molecule has 1 saturated carbocycles. The van der Waals surface area contributed by atoms with Gasteiger partial charge in [-0.05, 0) is 31.9 Å². The summed E-state index contributed by atoms with van der Waals surface area (Å²) in [5.41, 5.74) is 4.99. The molecule has 1 aliphatic carbocycles. The molecule has 1 rings (SSSR count). The van der Waals surface area contributed by atoms with Gasteiger partial charge in [0.15, 0.2) is 0 Å². The fourth-order valence-electron chi connectivity index (χ4n) is 2.42. The lowest BCUT2D eigenvalue weighted by Gasteiger charge is -2.29. The smallest absolute Gasteiger partial charge is 0.326 e. The number of nitrogens with two attached hydrogens (primary N) is 1. The SMILES string of the molecule is CSC1CCCC(NC(=O)N[C@@H](CCC(N)=O)C(=O)O)C1. The number of primary amides is 1. The molecule has 0 radical (unpaired) electrons. The number of carboxylic acid groups (broad SMARTS) is 1. The largest absolute Gasteiger partial charge is 0.480 e. The first kappa shape index (κ1) is 17.6. The average molecular weight is 317 g/mol. The van der Waals surface area contributed by atoms with E-state index in [0.717, 1.165) is 25.7 Å². The van der Waals surface area contributed by atoms with Gasteiger partial charge in [-0.1, -0.05) is 6.42 Å². The summed E-state index contributed by atoms with van der Waals surface area (Å²) in [7, 11) is 0. The zero-order valence-corrected chi connectivity index (χ0v) is 12.9. The van der Waals surface area contributed by atoms with Gasteiger partial charge in [-0.2, -0.15) is 11.8 Å². The number of carbonyl (C=O) groups excluding carboxylic acids is 2. The monoisotopic (exact) mass is 317 g/mol. The molecule has 1 fully saturated rings. The summed E-state index contributed by atoms with van der Waals surface area (Å²) in [5, 5.41) is 14.8. The number of hydrogen-bond acceptors (Lipinski definition) is 4. The molecule has 0 heterocycles. The molecule has 7 nitrogen and oxygen atoms in total. The molecule has 0 spiro atoms. The van der Waals surface area contributed by atoms with Gasteiger partial charge in [0.2, 0.25) is 5.91 Å². The minimum absolute atomic E-state index is 0.00378. The number of carbonyl (C=O) groups is 3. The number of amides is 3. The molecule has 5 N–H and O–H groups in total. The average Bonchev–Trinajstić information content (AvgIpc) is 2.43. The van der Waals surface area contributed by atoms with E-state index in [1.807, 2.05) is 0 Å². The van der Waals surface area contributed by atoms with E-state index < -0.39 is 23.9 Å². The number of nitrogens with one attached hydrogen (secondary N) is 2. The molecule has 2 unspecified atom stereocenters. The maximum absolute atomic E-state index is 11.9. The molecule has 0 aromatic heterocycles. The molecule has 0 aromatic rings. The predicted molar refractivity (Wildman–Crippen MR) is 81.1 cm³/mol. The summed E-state index contributed by atoms with van der Waals surface area (Å²) in [6, 6.07) is -1.53. The van der Waals surface area contributed by atoms with Crippen molar-refractivity contribution in [1.29, 1.82) is 0 Å². The van der Waals surface area contributed by atoms with E-state index in [9.17, 15) is 14.4 Å². The van der Waals surface area contributed by atoms with Gasteiger partial charge in [0.1, 0.15) is 6.04 Å². The normalized spacial score (nSPS) is 23.1. The van der Waals surface area contributed by atoms with Gasteiger partial charge >= 0.3 is 12.0 Å². The van der Waals surface area contributed by atoms with Crippen LogP contribution in [0.5, 0.6) is 0 Å². The third kappa shape index (κ3) is 6.70. The minimum atomic E-state index is -1.17. The molecule has 0 bridgehead atoms.